The van der Waals surface area contributed by atoms with Crippen LogP contribution in [0.25, 0.3) is 0 Å². The highest BCUT2D eigenvalue weighted by Crippen LogP contribution is 2.17. The van der Waals surface area contributed by atoms with Gasteiger partial charge in [-0.3, -0.25) is 9.59 Å². The molecule has 0 aliphatic heterocycles. The van der Waals surface area contributed by atoms with E-state index in [2.05, 4.69) is 10.5 Å². The monoisotopic (exact) mass is 356 g/mol. The Balaban J connectivity index is 1.78. The molecule has 0 aromatic heterocycles. The molecule has 0 fully saturated rings. The zero-order chi connectivity index (χ0) is 18.1. The van der Waals surface area contributed by atoms with Gasteiger partial charge in [0.05, 0.1) is 11.5 Å². The van der Waals surface area contributed by atoms with E-state index in [9.17, 15) is 9.59 Å². The zero-order valence-corrected chi connectivity index (χ0v) is 15.0. The third kappa shape index (κ3) is 6.81. The molecule has 0 unspecified atom stereocenters. The molecule has 1 N–H and O–H groups in total. The second-order valence-electron chi connectivity index (χ2n) is 5.34. The fraction of sp³-hybridized carbons (Fsp3) is 0.211. The molecule has 2 aromatic carbocycles. The van der Waals surface area contributed by atoms with Gasteiger partial charge in [-0.25, -0.2) is 5.43 Å². The number of rotatable bonds is 7. The standard InChI is InChI=1S/C19H20N2O3S/c1-14(25-13-17-6-4-3-5-7-17)19(23)21-20-12-16-8-10-18(11-9-16)24-15(2)22/h3-12,14H,13H2,1-2H3,(H,21,23)/b20-12-/t14-/m0/s1. The van der Waals surface area contributed by atoms with E-state index in [0.29, 0.717) is 5.75 Å². The highest BCUT2D eigenvalue weighted by molar-refractivity contribution is 7.99. The number of hydrazone groups is 1. The third-order valence-corrected chi connectivity index (χ3v) is 4.46. The third-order valence-electron chi connectivity index (χ3n) is 3.24. The minimum Gasteiger partial charge on any atom is -0.427 e. The summed E-state index contributed by atoms with van der Waals surface area (Å²) in [5.74, 6) is 0.737. The lowest BCUT2D eigenvalue weighted by Crippen LogP contribution is -2.26. The molecule has 2 aromatic rings. The first-order chi connectivity index (χ1) is 12.0. The van der Waals surface area contributed by atoms with Gasteiger partial charge >= 0.3 is 5.97 Å². The molecule has 0 aliphatic rings. The van der Waals surface area contributed by atoms with E-state index in [-0.39, 0.29) is 17.1 Å². The molecule has 25 heavy (non-hydrogen) atoms. The second-order valence-corrected chi connectivity index (χ2v) is 6.66. The highest BCUT2D eigenvalue weighted by atomic mass is 32.2. The summed E-state index contributed by atoms with van der Waals surface area (Å²) < 4.78 is 4.95. The van der Waals surface area contributed by atoms with Gasteiger partial charge in [0, 0.05) is 12.7 Å². The van der Waals surface area contributed by atoms with Crippen LogP contribution >= 0.6 is 11.8 Å². The van der Waals surface area contributed by atoms with Crippen LogP contribution in [0.3, 0.4) is 0 Å². The van der Waals surface area contributed by atoms with Crippen LogP contribution in [0.2, 0.25) is 0 Å². The van der Waals surface area contributed by atoms with Crippen LogP contribution in [0.4, 0.5) is 0 Å². The van der Waals surface area contributed by atoms with E-state index in [1.165, 1.54) is 12.5 Å². The number of esters is 1. The van der Waals surface area contributed by atoms with Crippen LogP contribution in [-0.2, 0) is 15.3 Å². The summed E-state index contributed by atoms with van der Waals surface area (Å²) in [4.78, 5) is 22.9. The summed E-state index contributed by atoms with van der Waals surface area (Å²) >= 11 is 1.56. The fourth-order valence-electron chi connectivity index (χ4n) is 1.92. The molecule has 0 heterocycles. The lowest BCUT2D eigenvalue weighted by molar-refractivity contribution is -0.131. The summed E-state index contributed by atoms with van der Waals surface area (Å²) in [6.07, 6.45) is 1.55. The predicted octanol–water partition coefficient (Wildman–Crippen LogP) is 3.38. The number of carbonyl (C=O) groups is 2. The summed E-state index contributed by atoms with van der Waals surface area (Å²) in [5.41, 5.74) is 4.51. The molecule has 6 heteroatoms. The molecule has 0 bridgehead atoms. The normalized spacial score (nSPS) is 11.9. The van der Waals surface area contributed by atoms with E-state index in [0.717, 1.165) is 11.3 Å². The Morgan fingerprint density at radius 2 is 1.84 bits per heavy atom. The number of amides is 1. The topological polar surface area (TPSA) is 67.8 Å². The van der Waals surface area contributed by atoms with Crippen molar-refractivity contribution in [2.24, 2.45) is 5.10 Å². The number of ether oxygens (including phenoxy) is 1. The molecule has 0 spiro atoms. The Labute approximate surface area is 151 Å². The van der Waals surface area contributed by atoms with Crippen molar-refractivity contribution in [1.29, 1.82) is 0 Å². The van der Waals surface area contributed by atoms with Gasteiger partial charge in [0.15, 0.2) is 0 Å². The van der Waals surface area contributed by atoms with Crippen LogP contribution < -0.4 is 10.2 Å². The zero-order valence-electron chi connectivity index (χ0n) is 14.1. The number of hydrogen-bond acceptors (Lipinski definition) is 5. The van der Waals surface area contributed by atoms with Gasteiger partial charge in [-0.15, -0.1) is 11.8 Å². The van der Waals surface area contributed by atoms with Crippen LogP contribution in [0.15, 0.2) is 59.7 Å². The smallest absolute Gasteiger partial charge is 0.308 e. The SMILES string of the molecule is CC(=O)Oc1ccc(/C=N\NC(=O)[C@H](C)SCc2ccccc2)cc1. The van der Waals surface area contributed by atoms with Crippen molar-refractivity contribution in [2.75, 3.05) is 0 Å². The molecular weight excluding hydrogens is 336 g/mol. The number of benzene rings is 2. The van der Waals surface area contributed by atoms with E-state index >= 15 is 0 Å². The van der Waals surface area contributed by atoms with Gasteiger partial charge in [0.2, 0.25) is 0 Å². The van der Waals surface area contributed by atoms with Gasteiger partial charge in [-0.2, -0.15) is 5.10 Å². The second kappa shape index (κ2) is 9.64. The Morgan fingerprint density at radius 3 is 2.48 bits per heavy atom. The highest BCUT2D eigenvalue weighted by Gasteiger charge is 2.12. The maximum absolute atomic E-state index is 12.0. The van der Waals surface area contributed by atoms with Crippen molar-refractivity contribution in [2.45, 2.75) is 24.9 Å². The summed E-state index contributed by atoms with van der Waals surface area (Å²) in [6.45, 7) is 3.20. The maximum atomic E-state index is 12.0. The molecule has 2 rings (SSSR count). The minimum atomic E-state index is -0.365. The quantitative estimate of drug-likeness (QED) is 0.357. The maximum Gasteiger partial charge on any atom is 0.308 e. The van der Waals surface area contributed by atoms with Gasteiger partial charge in [-0.05, 0) is 42.3 Å². The Morgan fingerprint density at radius 1 is 1.16 bits per heavy atom. The van der Waals surface area contributed by atoms with Gasteiger partial charge < -0.3 is 4.74 Å². The summed E-state index contributed by atoms with van der Waals surface area (Å²) in [5, 5.41) is 3.76. The first-order valence-electron chi connectivity index (χ1n) is 7.81. The molecule has 0 aliphatic carbocycles. The van der Waals surface area contributed by atoms with Crippen molar-refractivity contribution in [1.82, 2.24) is 5.43 Å². The average molecular weight is 356 g/mol. The molecular formula is C19H20N2O3S. The average Bonchev–Trinajstić information content (AvgIpc) is 2.61. The lowest BCUT2D eigenvalue weighted by Gasteiger charge is -2.09. The van der Waals surface area contributed by atoms with Crippen molar-refractivity contribution < 1.29 is 14.3 Å². The minimum absolute atomic E-state index is 0.145. The first-order valence-corrected chi connectivity index (χ1v) is 8.86. The molecule has 0 saturated heterocycles. The first kappa shape index (κ1) is 18.7. The van der Waals surface area contributed by atoms with Crippen LogP contribution in [0.5, 0.6) is 5.75 Å². The molecule has 5 nitrogen and oxygen atoms in total. The molecule has 1 atom stereocenters. The van der Waals surface area contributed by atoms with Gasteiger partial charge in [-0.1, -0.05) is 30.3 Å². The van der Waals surface area contributed by atoms with Crippen LogP contribution in [-0.4, -0.2) is 23.3 Å². The number of carbonyl (C=O) groups excluding carboxylic acids is 2. The molecule has 0 radical (unpaired) electrons. The van der Waals surface area contributed by atoms with Crippen molar-refractivity contribution in [3.05, 3.63) is 65.7 Å². The number of hydrogen-bond donors (Lipinski definition) is 1. The number of thioether (sulfide) groups is 1. The molecule has 1 amide bonds. The predicted molar refractivity (Wildman–Crippen MR) is 101 cm³/mol. The van der Waals surface area contributed by atoms with Crippen molar-refractivity contribution >= 4 is 29.9 Å². The fourth-order valence-corrected chi connectivity index (χ4v) is 2.76. The van der Waals surface area contributed by atoms with Gasteiger partial charge in [0.25, 0.3) is 5.91 Å². The lowest BCUT2D eigenvalue weighted by atomic mass is 10.2. The largest absolute Gasteiger partial charge is 0.427 e. The van der Waals surface area contributed by atoms with Gasteiger partial charge in [0.1, 0.15) is 5.75 Å². The summed E-state index contributed by atoms with van der Waals surface area (Å²) in [6, 6.07) is 16.9. The Kier molecular flexibility index (Phi) is 7.22. The Hall–Kier alpha value is -2.60. The molecule has 0 saturated carbocycles. The molecule has 130 valence electrons. The van der Waals surface area contributed by atoms with Crippen molar-refractivity contribution in [3.63, 3.8) is 0 Å². The van der Waals surface area contributed by atoms with Crippen molar-refractivity contribution in [3.8, 4) is 5.75 Å². The van der Waals surface area contributed by atoms with Crippen LogP contribution in [0, 0.1) is 0 Å². The van der Waals surface area contributed by atoms with Crippen LogP contribution in [0.1, 0.15) is 25.0 Å². The number of nitrogens with zero attached hydrogens (tertiary/aromatic N) is 1. The number of nitrogens with one attached hydrogen (secondary N) is 1. The Bertz CT molecular complexity index is 730. The van der Waals surface area contributed by atoms with E-state index < -0.39 is 0 Å². The van der Waals surface area contributed by atoms with E-state index in [1.54, 1.807) is 42.2 Å². The summed E-state index contributed by atoms with van der Waals surface area (Å²) in [7, 11) is 0. The van der Waals surface area contributed by atoms with E-state index in [1.807, 2.05) is 37.3 Å². The van der Waals surface area contributed by atoms with E-state index in [4.69, 9.17) is 4.74 Å².